The Bertz CT molecular complexity index is 1520. The van der Waals surface area contributed by atoms with Crippen molar-refractivity contribution in [1.82, 2.24) is 20.1 Å². The summed E-state index contributed by atoms with van der Waals surface area (Å²) >= 11 is 12.4. The molecule has 0 atom stereocenters. The molecule has 0 spiro atoms. The maximum Gasteiger partial charge on any atom is 0.324 e. The van der Waals surface area contributed by atoms with Gasteiger partial charge < -0.3 is 15.4 Å². The lowest BCUT2D eigenvalue weighted by molar-refractivity contribution is 0.0957. The largest absolute Gasteiger partial charge is 0.457 e. The minimum Gasteiger partial charge on any atom is -0.457 e. The zero-order valence-electron chi connectivity index (χ0n) is 22.1. The normalized spacial score (nSPS) is 11.2. The number of nitrogens with zero attached hydrogens (tertiary/aromatic N) is 3. The average molecular weight is 567 g/mol. The third-order valence-electron chi connectivity index (χ3n) is 5.68. The van der Waals surface area contributed by atoms with Gasteiger partial charge in [-0.05, 0) is 55.0 Å². The summed E-state index contributed by atoms with van der Waals surface area (Å²) in [6, 6.07) is 14.9. The maximum atomic E-state index is 13.0. The van der Waals surface area contributed by atoms with E-state index in [1.165, 1.54) is 13.2 Å². The first-order chi connectivity index (χ1) is 18.4. The Kier molecular flexibility index (Phi) is 8.13. The lowest BCUT2D eigenvalue weighted by Gasteiger charge is -2.14. The highest BCUT2D eigenvalue weighted by Gasteiger charge is 2.22. The van der Waals surface area contributed by atoms with Gasteiger partial charge in [0.1, 0.15) is 23.0 Å². The molecule has 0 aliphatic heterocycles. The molecule has 3 N–H and O–H groups in total. The van der Waals surface area contributed by atoms with E-state index < -0.39 is 6.03 Å². The van der Waals surface area contributed by atoms with Crippen LogP contribution in [0.15, 0.2) is 60.8 Å². The number of carbonyl (C=O) groups is 2. The summed E-state index contributed by atoms with van der Waals surface area (Å²) in [5.74, 6) is 1.15. The molecule has 9 nitrogen and oxygen atoms in total. The fraction of sp³-hybridized carbons (Fsp3) is 0.214. The third-order valence-corrected chi connectivity index (χ3v) is 6.12. The second-order valence-electron chi connectivity index (χ2n) is 9.82. The van der Waals surface area contributed by atoms with Crippen LogP contribution in [0.4, 0.5) is 16.3 Å². The number of aryl methyl sites for hydroxylation is 1. The monoisotopic (exact) mass is 566 g/mol. The fourth-order valence-corrected chi connectivity index (χ4v) is 4.18. The number of pyridine rings is 1. The van der Waals surface area contributed by atoms with Crippen LogP contribution < -0.4 is 20.7 Å². The van der Waals surface area contributed by atoms with Crippen LogP contribution in [-0.2, 0) is 5.41 Å². The Hall–Kier alpha value is -4.08. The molecular formula is C28H28Cl2N6O3. The number of hydrogen-bond donors (Lipinski definition) is 3. The second kappa shape index (κ2) is 11.3. The van der Waals surface area contributed by atoms with Gasteiger partial charge >= 0.3 is 6.03 Å². The van der Waals surface area contributed by atoms with Gasteiger partial charge in [0, 0.05) is 46.5 Å². The minimum atomic E-state index is -0.453. The highest BCUT2D eigenvalue weighted by Crippen LogP contribution is 2.30. The van der Waals surface area contributed by atoms with Crippen molar-refractivity contribution < 1.29 is 14.3 Å². The zero-order valence-corrected chi connectivity index (χ0v) is 23.6. The zero-order chi connectivity index (χ0) is 28.3. The fourth-order valence-electron chi connectivity index (χ4n) is 3.67. The Balaban J connectivity index is 1.52. The standard InChI is InChI=1S/C28H28Cl2N6O3/c1-16-10-20(39-21-8-9-32-23(14-21)26(37)31-5)6-7-22(16)33-27(38)34-25-15-24(28(2,3)4)35-36(25)19-12-17(29)11-18(30)13-19/h6-15H,1-5H3,(H,31,37)(H2,33,34,38). The topological polar surface area (TPSA) is 110 Å². The van der Waals surface area contributed by atoms with Gasteiger partial charge in [-0.2, -0.15) is 5.10 Å². The number of ether oxygens (including phenoxy) is 1. The van der Waals surface area contributed by atoms with Gasteiger partial charge in [-0.1, -0.05) is 44.0 Å². The first-order valence-corrected chi connectivity index (χ1v) is 12.8. The number of halogens is 2. The van der Waals surface area contributed by atoms with Crippen molar-refractivity contribution in [3.63, 3.8) is 0 Å². The molecule has 4 aromatic rings. The molecular weight excluding hydrogens is 539 g/mol. The molecule has 0 fully saturated rings. The van der Waals surface area contributed by atoms with E-state index in [-0.39, 0.29) is 17.0 Å². The molecule has 0 saturated heterocycles. The number of aromatic nitrogens is 3. The van der Waals surface area contributed by atoms with Crippen molar-refractivity contribution in [2.75, 3.05) is 17.7 Å². The number of nitrogens with one attached hydrogen (secondary N) is 3. The Morgan fingerprint density at radius 1 is 0.923 bits per heavy atom. The van der Waals surface area contributed by atoms with Gasteiger partial charge in [0.05, 0.1) is 11.4 Å². The molecule has 2 aromatic heterocycles. The number of urea groups is 1. The van der Waals surface area contributed by atoms with Crippen molar-refractivity contribution >= 4 is 46.6 Å². The first kappa shape index (κ1) is 27.9. The molecule has 0 aliphatic rings. The van der Waals surface area contributed by atoms with Gasteiger partial charge in [-0.15, -0.1) is 0 Å². The second-order valence-corrected chi connectivity index (χ2v) is 10.7. The maximum absolute atomic E-state index is 13.0. The molecule has 0 bridgehead atoms. The molecule has 0 unspecified atom stereocenters. The van der Waals surface area contributed by atoms with Gasteiger partial charge in [0.15, 0.2) is 0 Å². The first-order valence-electron chi connectivity index (χ1n) is 12.0. The van der Waals surface area contributed by atoms with E-state index in [2.05, 4.69) is 20.9 Å². The summed E-state index contributed by atoms with van der Waals surface area (Å²) in [5, 5.41) is 13.9. The Morgan fingerprint density at radius 3 is 2.26 bits per heavy atom. The molecule has 0 saturated carbocycles. The van der Waals surface area contributed by atoms with E-state index in [0.717, 1.165) is 11.3 Å². The minimum absolute atomic E-state index is 0.246. The van der Waals surface area contributed by atoms with Crippen LogP contribution in [0.25, 0.3) is 5.69 Å². The summed E-state index contributed by atoms with van der Waals surface area (Å²) < 4.78 is 7.49. The predicted molar refractivity (Wildman–Crippen MR) is 154 cm³/mol. The van der Waals surface area contributed by atoms with Crippen molar-refractivity contribution in [3.8, 4) is 17.2 Å². The number of rotatable bonds is 6. The van der Waals surface area contributed by atoms with E-state index in [1.54, 1.807) is 53.2 Å². The summed E-state index contributed by atoms with van der Waals surface area (Å²) in [4.78, 5) is 28.9. The van der Waals surface area contributed by atoms with E-state index in [4.69, 9.17) is 33.0 Å². The van der Waals surface area contributed by atoms with Crippen molar-refractivity contribution in [2.24, 2.45) is 0 Å². The summed E-state index contributed by atoms with van der Waals surface area (Å²) in [6.07, 6.45) is 1.50. The Labute approximate surface area is 236 Å². The molecule has 0 aliphatic carbocycles. The van der Waals surface area contributed by atoms with Crippen LogP contribution in [0.1, 0.15) is 42.5 Å². The highest BCUT2D eigenvalue weighted by molar-refractivity contribution is 6.34. The lowest BCUT2D eigenvalue weighted by atomic mass is 9.92. The third kappa shape index (κ3) is 6.87. The molecule has 3 amide bonds. The van der Waals surface area contributed by atoms with Crippen molar-refractivity contribution in [2.45, 2.75) is 33.1 Å². The van der Waals surface area contributed by atoms with E-state index in [9.17, 15) is 9.59 Å². The number of carbonyl (C=O) groups excluding carboxylic acids is 2. The number of amides is 3. The molecule has 0 radical (unpaired) electrons. The molecule has 4 rings (SSSR count). The van der Waals surface area contributed by atoms with E-state index in [0.29, 0.717) is 38.7 Å². The number of anilines is 2. The van der Waals surface area contributed by atoms with Crippen LogP contribution in [0.3, 0.4) is 0 Å². The smallest absolute Gasteiger partial charge is 0.324 e. The molecule has 2 heterocycles. The van der Waals surface area contributed by atoms with Gasteiger partial charge in [-0.25, -0.2) is 9.48 Å². The average Bonchev–Trinajstić information content (AvgIpc) is 3.29. The van der Waals surface area contributed by atoms with Gasteiger partial charge in [-0.3, -0.25) is 15.1 Å². The number of benzene rings is 2. The van der Waals surface area contributed by atoms with Crippen LogP contribution in [0, 0.1) is 6.92 Å². The number of hydrogen-bond acceptors (Lipinski definition) is 5. The molecule has 2 aromatic carbocycles. The van der Waals surface area contributed by atoms with Gasteiger partial charge in [0.25, 0.3) is 5.91 Å². The lowest BCUT2D eigenvalue weighted by Crippen LogP contribution is -2.21. The van der Waals surface area contributed by atoms with Crippen LogP contribution >= 0.6 is 23.2 Å². The summed E-state index contributed by atoms with van der Waals surface area (Å²) in [5.41, 5.74) is 2.75. The summed E-state index contributed by atoms with van der Waals surface area (Å²) in [7, 11) is 1.53. The Morgan fingerprint density at radius 2 is 1.62 bits per heavy atom. The van der Waals surface area contributed by atoms with E-state index >= 15 is 0 Å². The SMILES string of the molecule is CNC(=O)c1cc(Oc2ccc(NC(=O)Nc3cc(C(C)(C)C)nn3-c3cc(Cl)cc(Cl)c3)c(C)c2)ccn1. The van der Waals surface area contributed by atoms with Crippen molar-refractivity contribution in [1.29, 1.82) is 0 Å². The van der Waals surface area contributed by atoms with Crippen molar-refractivity contribution in [3.05, 3.63) is 87.8 Å². The van der Waals surface area contributed by atoms with E-state index in [1.807, 2.05) is 33.8 Å². The predicted octanol–water partition coefficient (Wildman–Crippen LogP) is 6.98. The van der Waals surface area contributed by atoms with Crippen LogP contribution in [-0.4, -0.2) is 33.8 Å². The molecule has 202 valence electrons. The van der Waals surface area contributed by atoms with Gasteiger partial charge in [0.2, 0.25) is 0 Å². The summed E-state index contributed by atoms with van der Waals surface area (Å²) in [6.45, 7) is 7.95. The van der Waals surface area contributed by atoms with Crippen LogP contribution in [0.5, 0.6) is 11.5 Å². The quantitative estimate of drug-likeness (QED) is 0.233. The van der Waals surface area contributed by atoms with Crippen LogP contribution in [0.2, 0.25) is 10.0 Å². The molecule has 39 heavy (non-hydrogen) atoms. The molecule has 11 heteroatoms. The highest BCUT2D eigenvalue weighted by atomic mass is 35.5.